The first-order chi connectivity index (χ1) is 12.6. The summed E-state index contributed by atoms with van der Waals surface area (Å²) in [5, 5.41) is 21.2. The molecule has 2 N–H and O–H groups in total. The molecule has 0 saturated carbocycles. The van der Waals surface area contributed by atoms with E-state index in [9.17, 15) is 9.90 Å². The van der Waals surface area contributed by atoms with Gasteiger partial charge in [0.1, 0.15) is 10.8 Å². The standard InChI is InChI=1S/C17H17N5O2S2/c1-3-9-18-22-15(24)13(10-11-7-5-6-8-12(11)23)25-17(22)19-16-21-20-14(4-2)26-16/h3,5-8,10,18,23H,1,4,9H2,2H3. The summed E-state index contributed by atoms with van der Waals surface area (Å²) in [5.41, 5.74) is 3.54. The summed E-state index contributed by atoms with van der Waals surface area (Å²) in [6.45, 7) is 6.06. The number of aromatic nitrogens is 2. The summed E-state index contributed by atoms with van der Waals surface area (Å²) in [7, 11) is 0. The van der Waals surface area contributed by atoms with Gasteiger partial charge in [0, 0.05) is 12.1 Å². The van der Waals surface area contributed by atoms with Crippen LogP contribution < -0.4 is 5.43 Å². The Labute approximate surface area is 159 Å². The summed E-state index contributed by atoms with van der Waals surface area (Å²) < 4.78 is 0. The number of para-hydroxylation sites is 1. The maximum atomic E-state index is 12.7. The van der Waals surface area contributed by atoms with Gasteiger partial charge >= 0.3 is 0 Å². The number of phenols is 1. The molecule has 1 amide bonds. The zero-order valence-electron chi connectivity index (χ0n) is 14.0. The first-order valence-electron chi connectivity index (χ1n) is 7.89. The van der Waals surface area contributed by atoms with Crippen LogP contribution in [0.5, 0.6) is 5.75 Å². The lowest BCUT2D eigenvalue weighted by Gasteiger charge is -2.14. The number of aromatic hydroxyl groups is 1. The third kappa shape index (κ3) is 4.01. The lowest BCUT2D eigenvalue weighted by atomic mass is 10.2. The fourth-order valence-electron chi connectivity index (χ4n) is 2.11. The van der Waals surface area contributed by atoms with Gasteiger partial charge in [-0.3, -0.25) is 4.79 Å². The molecule has 0 aliphatic carbocycles. The van der Waals surface area contributed by atoms with Crippen LogP contribution in [0.15, 0.2) is 46.8 Å². The van der Waals surface area contributed by atoms with Gasteiger partial charge in [0.05, 0.1) is 4.91 Å². The van der Waals surface area contributed by atoms with Gasteiger partial charge in [-0.05, 0) is 30.3 Å². The van der Waals surface area contributed by atoms with Gasteiger partial charge < -0.3 is 5.11 Å². The molecule has 1 saturated heterocycles. The maximum absolute atomic E-state index is 12.7. The number of phenolic OH excluding ortho intramolecular Hbond substituents is 1. The van der Waals surface area contributed by atoms with Crippen LogP contribution in [0, 0.1) is 0 Å². The van der Waals surface area contributed by atoms with Crippen LogP contribution in [0.2, 0.25) is 0 Å². The molecule has 1 aromatic carbocycles. The number of amides is 1. The van der Waals surface area contributed by atoms with Gasteiger partial charge in [0.2, 0.25) is 5.13 Å². The second-order valence-corrected chi connectivity index (χ2v) is 7.24. The highest BCUT2D eigenvalue weighted by Crippen LogP contribution is 2.34. The van der Waals surface area contributed by atoms with Crippen molar-refractivity contribution in [3.63, 3.8) is 0 Å². The molecule has 26 heavy (non-hydrogen) atoms. The molecule has 0 atom stereocenters. The fraction of sp³-hybridized carbons (Fsp3) is 0.176. The molecule has 2 aromatic rings. The molecular formula is C17H17N5O2S2. The van der Waals surface area contributed by atoms with Crippen molar-refractivity contribution < 1.29 is 9.90 Å². The van der Waals surface area contributed by atoms with Crippen LogP contribution in [0.3, 0.4) is 0 Å². The molecule has 1 aromatic heterocycles. The fourth-order valence-corrected chi connectivity index (χ4v) is 3.75. The first-order valence-corrected chi connectivity index (χ1v) is 9.53. The van der Waals surface area contributed by atoms with E-state index < -0.39 is 0 Å². The smallest absolute Gasteiger partial charge is 0.281 e. The normalized spacial score (nSPS) is 17.4. The molecule has 1 fully saturated rings. The zero-order valence-corrected chi connectivity index (χ0v) is 15.7. The Morgan fingerprint density at radius 1 is 1.38 bits per heavy atom. The lowest BCUT2D eigenvalue weighted by molar-refractivity contribution is -0.124. The summed E-state index contributed by atoms with van der Waals surface area (Å²) in [6, 6.07) is 6.84. The number of nitrogens with one attached hydrogen (secondary N) is 1. The average molecular weight is 387 g/mol. The molecule has 0 spiro atoms. The number of hydrogen-bond acceptors (Lipinski definition) is 8. The summed E-state index contributed by atoms with van der Waals surface area (Å²) in [5.74, 6) is -0.139. The molecular weight excluding hydrogens is 370 g/mol. The second kappa shape index (κ2) is 8.26. The van der Waals surface area contributed by atoms with E-state index in [4.69, 9.17) is 0 Å². The predicted molar refractivity (Wildman–Crippen MR) is 105 cm³/mol. The number of thioether (sulfide) groups is 1. The minimum Gasteiger partial charge on any atom is -0.507 e. The van der Waals surface area contributed by atoms with E-state index in [1.807, 2.05) is 6.92 Å². The summed E-state index contributed by atoms with van der Waals surface area (Å²) in [6.07, 6.45) is 4.08. The van der Waals surface area contributed by atoms with Crippen molar-refractivity contribution >= 4 is 45.4 Å². The van der Waals surface area contributed by atoms with Gasteiger partial charge in [-0.15, -0.1) is 16.8 Å². The van der Waals surface area contributed by atoms with Crippen molar-refractivity contribution in [3.05, 3.63) is 52.4 Å². The molecule has 3 rings (SSSR count). The molecule has 0 bridgehead atoms. The SMILES string of the molecule is C=CCNN1C(=O)C(=Cc2ccccc2O)SC1=Nc1nnc(CC)s1. The van der Waals surface area contributed by atoms with Crippen LogP contribution in [-0.2, 0) is 11.2 Å². The van der Waals surface area contributed by atoms with Crippen LogP contribution in [0.1, 0.15) is 17.5 Å². The van der Waals surface area contributed by atoms with Crippen molar-refractivity contribution in [2.75, 3.05) is 6.54 Å². The van der Waals surface area contributed by atoms with E-state index in [-0.39, 0.29) is 11.7 Å². The monoisotopic (exact) mass is 387 g/mol. The Bertz CT molecular complexity index is 891. The lowest BCUT2D eigenvalue weighted by Crippen LogP contribution is -2.41. The minimum atomic E-state index is -0.251. The van der Waals surface area contributed by atoms with Crippen molar-refractivity contribution in [1.29, 1.82) is 0 Å². The van der Waals surface area contributed by atoms with E-state index in [0.717, 1.165) is 11.4 Å². The highest BCUT2D eigenvalue weighted by molar-refractivity contribution is 8.18. The Balaban J connectivity index is 1.94. The van der Waals surface area contributed by atoms with E-state index >= 15 is 0 Å². The number of amidine groups is 1. The van der Waals surface area contributed by atoms with E-state index in [1.165, 1.54) is 28.1 Å². The molecule has 0 unspecified atom stereocenters. The number of carbonyl (C=O) groups is 1. The maximum Gasteiger partial charge on any atom is 0.281 e. The van der Waals surface area contributed by atoms with Gasteiger partial charge in [0.25, 0.3) is 5.91 Å². The molecule has 1 aliphatic heterocycles. The summed E-state index contributed by atoms with van der Waals surface area (Å²) in [4.78, 5) is 17.6. The number of aryl methyl sites for hydroxylation is 1. The third-order valence-electron chi connectivity index (χ3n) is 3.37. The predicted octanol–water partition coefficient (Wildman–Crippen LogP) is 3.10. The minimum absolute atomic E-state index is 0.112. The largest absolute Gasteiger partial charge is 0.507 e. The molecule has 0 radical (unpaired) electrons. The molecule has 1 aliphatic rings. The first kappa shape index (κ1) is 18.3. The number of rotatable bonds is 6. The zero-order chi connectivity index (χ0) is 18.5. The van der Waals surface area contributed by atoms with Crippen molar-refractivity contribution in [1.82, 2.24) is 20.6 Å². The van der Waals surface area contributed by atoms with Gasteiger partial charge in [-0.2, -0.15) is 4.99 Å². The van der Waals surface area contributed by atoms with Gasteiger partial charge in [-0.1, -0.05) is 42.5 Å². The molecule has 7 nitrogen and oxygen atoms in total. The summed E-state index contributed by atoms with van der Waals surface area (Å²) >= 11 is 2.60. The van der Waals surface area contributed by atoms with E-state index in [0.29, 0.717) is 27.3 Å². The number of benzene rings is 1. The highest BCUT2D eigenvalue weighted by Gasteiger charge is 2.34. The highest BCUT2D eigenvalue weighted by atomic mass is 32.2. The number of hydrazine groups is 1. The number of nitrogens with zero attached hydrogens (tertiary/aromatic N) is 4. The van der Waals surface area contributed by atoms with Crippen molar-refractivity contribution in [2.45, 2.75) is 13.3 Å². The van der Waals surface area contributed by atoms with Gasteiger partial charge in [0.15, 0.2) is 5.17 Å². The number of carbonyl (C=O) groups excluding carboxylic acids is 1. The van der Waals surface area contributed by atoms with Crippen LogP contribution >= 0.6 is 23.1 Å². The van der Waals surface area contributed by atoms with Crippen LogP contribution in [-0.4, -0.2) is 37.9 Å². The Kier molecular flexibility index (Phi) is 5.82. The Morgan fingerprint density at radius 3 is 2.88 bits per heavy atom. The van der Waals surface area contributed by atoms with Crippen LogP contribution in [0.4, 0.5) is 5.13 Å². The molecule has 134 valence electrons. The quantitative estimate of drug-likeness (QED) is 0.585. The van der Waals surface area contributed by atoms with Gasteiger partial charge in [-0.25, -0.2) is 10.4 Å². The third-order valence-corrected chi connectivity index (χ3v) is 5.30. The average Bonchev–Trinajstić information content (AvgIpc) is 3.21. The topological polar surface area (TPSA) is 90.7 Å². The van der Waals surface area contributed by atoms with E-state index in [1.54, 1.807) is 36.4 Å². The second-order valence-electron chi connectivity index (χ2n) is 5.19. The Morgan fingerprint density at radius 2 is 2.19 bits per heavy atom. The van der Waals surface area contributed by atoms with Crippen molar-refractivity contribution in [3.8, 4) is 5.75 Å². The molecule has 9 heteroatoms. The van der Waals surface area contributed by atoms with Crippen molar-refractivity contribution in [2.24, 2.45) is 4.99 Å². The molecule has 2 heterocycles. The van der Waals surface area contributed by atoms with Crippen LogP contribution in [0.25, 0.3) is 6.08 Å². The Hall–Kier alpha value is -2.49. The van der Waals surface area contributed by atoms with E-state index in [2.05, 4.69) is 27.2 Å². The number of aliphatic imine (C=N–C) groups is 1. The number of hydrogen-bond donors (Lipinski definition) is 2.